The minimum Gasteiger partial charge on any atom is -0.444 e. The molecular weight excluding hydrogens is 344 g/mol. The molecule has 0 heterocycles. The van der Waals surface area contributed by atoms with E-state index in [0.29, 0.717) is 5.02 Å². The van der Waals surface area contributed by atoms with Gasteiger partial charge in [0.1, 0.15) is 0 Å². The third kappa shape index (κ3) is 3.38. The number of carbonyl (C=O) groups is 1. The molecule has 132 valence electrons. The molecule has 0 bridgehead atoms. The van der Waals surface area contributed by atoms with E-state index in [1.54, 1.807) is 6.92 Å². The van der Waals surface area contributed by atoms with Crippen molar-refractivity contribution < 1.29 is 9.53 Å². The first-order chi connectivity index (χ1) is 12.6. The highest BCUT2D eigenvalue weighted by molar-refractivity contribution is 6.31. The molecule has 2 nitrogen and oxygen atoms in total. The molecule has 3 rings (SSSR count). The normalized spacial score (nSPS) is 13.0. The highest BCUT2D eigenvalue weighted by Gasteiger charge is 2.41. The summed E-state index contributed by atoms with van der Waals surface area (Å²) in [5, 5.41) is 0.556. The van der Waals surface area contributed by atoms with Gasteiger partial charge in [-0.1, -0.05) is 96.9 Å². The molecule has 1 atom stereocenters. The zero-order chi connectivity index (χ0) is 18.6. The van der Waals surface area contributed by atoms with Crippen molar-refractivity contribution in [3.63, 3.8) is 0 Å². The molecule has 0 amide bonds. The van der Waals surface area contributed by atoms with E-state index in [-0.39, 0.29) is 12.4 Å². The maximum atomic E-state index is 12.5. The SMILES string of the molecule is CCC(=O)OC(c1ccccc1)(c1ccc(C)cc1)c1ccccc1Cl. The Morgan fingerprint density at radius 3 is 2.08 bits per heavy atom. The molecular formula is C23H21ClO2. The largest absolute Gasteiger partial charge is 0.444 e. The fourth-order valence-corrected chi connectivity index (χ4v) is 3.37. The van der Waals surface area contributed by atoms with Gasteiger partial charge in [-0.05, 0) is 13.0 Å². The molecule has 0 aliphatic rings. The first-order valence-electron chi connectivity index (χ1n) is 8.67. The third-order valence-corrected chi connectivity index (χ3v) is 4.78. The Morgan fingerprint density at radius 1 is 0.885 bits per heavy atom. The number of hydrogen-bond donors (Lipinski definition) is 0. The topological polar surface area (TPSA) is 26.3 Å². The zero-order valence-corrected chi connectivity index (χ0v) is 15.7. The van der Waals surface area contributed by atoms with Gasteiger partial charge in [-0.2, -0.15) is 0 Å². The quantitative estimate of drug-likeness (QED) is 0.416. The van der Waals surface area contributed by atoms with E-state index in [2.05, 4.69) is 0 Å². The number of hydrogen-bond acceptors (Lipinski definition) is 2. The van der Waals surface area contributed by atoms with Crippen LogP contribution in [-0.4, -0.2) is 5.97 Å². The van der Waals surface area contributed by atoms with Crippen LogP contribution in [0.1, 0.15) is 35.6 Å². The van der Waals surface area contributed by atoms with Crippen molar-refractivity contribution in [2.24, 2.45) is 0 Å². The Morgan fingerprint density at radius 2 is 1.46 bits per heavy atom. The Balaban J connectivity index is 2.36. The van der Waals surface area contributed by atoms with E-state index in [1.807, 2.05) is 85.8 Å². The van der Waals surface area contributed by atoms with Crippen LogP contribution in [-0.2, 0) is 15.1 Å². The second kappa shape index (κ2) is 7.76. The lowest BCUT2D eigenvalue weighted by molar-refractivity contribution is -0.153. The lowest BCUT2D eigenvalue weighted by Crippen LogP contribution is -2.35. The smallest absolute Gasteiger partial charge is 0.307 e. The summed E-state index contributed by atoms with van der Waals surface area (Å²) in [6.45, 7) is 3.82. The predicted molar refractivity (Wildman–Crippen MR) is 105 cm³/mol. The summed E-state index contributed by atoms with van der Waals surface area (Å²) in [7, 11) is 0. The van der Waals surface area contributed by atoms with Crippen LogP contribution < -0.4 is 0 Å². The van der Waals surface area contributed by atoms with Crippen molar-refractivity contribution in [1.82, 2.24) is 0 Å². The van der Waals surface area contributed by atoms with E-state index < -0.39 is 5.60 Å². The molecule has 1 unspecified atom stereocenters. The lowest BCUT2D eigenvalue weighted by atomic mass is 9.79. The van der Waals surface area contributed by atoms with Crippen LogP contribution >= 0.6 is 11.6 Å². The third-order valence-electron chi connectivity index (χ3n) is 4.45. The number of halogens is 1. The number of rotatable bonds is 5. The molecule has 0 spiro atoms. The van der Waals surface area contributed by atoms with Crippen molar-refractivity contribution in [3.05, 3.63) is 106 Å². The van der Waals surface area contributed by atoms with Crippen LogP contribution in [0, 0.1) is 6.92 Å². The molecule has 3 heteroatoms. The minimum atomic E-state index is -1.10. The summed E-state index contributed by atoms with van der Waals surface area (Å²) in [6, 6.07) is 25.3. The maximum absolute atomic E-state index is 12.5. The fourth-order valence-electron chi connectivity index (χ4n) is 3.10. The number of carbonyl (C=O) groups excluding carboxylic acids is 1. The molecule has 0 radical (unpaired) electrons. The molecule has 0 saturated carbocycles. The van der Waals surface area contributed by atoms with Gasteiger partial charge in [-0.15, -0.1) is 0 Å². The van der Waals surface area contributed by atoms with E-state index in [0.717, 1.165) is 22.3 Å². The van der Waals surface area contributed by atoms with Gasteiger partial charge < -0.3 is 4.74 Å². The number of aryl methyl sites for hydroxylation is 1. The Hall–Kier alpha value is -2.58. The van der Waals surface area contributed by atoms with Gasteiger partial charge in [-0.25, -0.2) is 0 Å². The summed E-state index contributed by atoms with van der Waals surface area (Å²) in [5.74, 6) is -0.283. The fraction of sp³-hybridized carbons (Fsp3) is 0.174. The molecule has 0 aliphatic carbocycles. The summed E-state index contributed by atoms with van der Waals surface area (Å²) >= 11 is 6.57. The van der Waals surface area contributed by atoms with Gasteiger partial charge in [0.25, 0.3) is 0 Å². The molecule has 26 heavy (non-hydrogen) atoms. The number of esters is 1. The Kier molecular flexibility index (Phi) is 5.43. The van der Waals surface area contributed by atoms with E-state index in [4.69, 9.17) is 16.3 Å². The van der Waals surface area contributed by atoms with Gasteiger partial charge >= 0.3 is 5.97 Å². The first kappa shape index (κ1) is 18.2. The summed E-state index contributed by atoms with van der Waals surface area (Å²) < 4.78 is 6.14. The second-order valence-electron chi connectivity index (χ2n) is 6.22. The average molecular weight is 365 g/mol. The molecule has 0 fully saturated rings. The van der Waals surface area contributed by atoms with Gasteiger partial charge in [0.2, 0.25) is 0 Å². The van der Waals surface area contributed by atoms with Crippen molar-refractivity contribution >= 4 is 17.6 Å². The molecule has 0 aliphatic heterocycles. The highest BCUT2D eigenvalue weighted by atomic mass is 35.5. The van der Waals surface area contributed by atoms with Crippen LogP contribution in [0.15, 0.2) is 78.9 Å². The van der Waals surface area contributed by atoms with Crippen molar-refractivity contribution in [3.8, 4) is 0 Å². The predicted octanol–water partition coefficient (Wildman–Crippen LogP) is 5.89. The summed E-state index contributed by atoms with van der Waals surface area (Å²) in [6.07, 6.45) is 0.283. The highest BCUT2D eigenvalue weighted by Crippen LogP contribution is 2.43. The standard InChI is InChI=1S/C23H21ClO2/c1-3-22(25)26-23(18-9-5-4-6-10-18,19-15-13-17(2)14-16-19)20-11-7-8-12-21(20)24/h4-16H,3H2,1-2H3. The molecule has 3 aromatic carbocycles. The van der Waals surface area contributed by atoms with Gasteiger partial charge in [0.15, 0.2) is 5.60 Å². The molecule has 3 aromatic rings. The van der Waals surface area contributed by atoms with Gasteiger partial charge in [0, 0.05) is 28.1 Å². The Labute approximate surface area is 159 Å². The zero-order valence-electron chi connectivity index (χ0n) is 14.9. The van der Waals surface area contributed by atoms with Crippen LogP contribution in [0.3, 0.4) is 0 Å². The summed E-state index contributed by atoms with van der Waals surface area (Å²) in [4.78, 5) is 12.5. The number of benzene rings is 3. The lowest BCUT2D eigenvalue weighted by Gasteiger charge is -2.36. The van der Waals surface area contributed by atoms with Crippen molar-refractivity contribution in [2.45, 2.75) is 25.9 Å². The Bertz CT molecular complexity index is 888. The van der Waals surface area contributed by atoms with E-state index in [9.17, 15) is 4.79 Å². The first-order valence-corrected chi connectivity index (χ1v) is 9.05. The summed E-state index contributed by atoms with van der Waals surface area (Å²) in [5.41, 5.74) is 2.51. The molecule has 0 saturated heterocycles. The monoisotopic (exact) mass is 364 g/mol. The second-order valence-corrected chi connectivity index (χ2v) is 6.63. The maximum Gasteiger partial charge on any atom is 0.307 e. The molecule has 0 N–H and O–H groups in total. The van der Waals surface area contributed by atoms with E-state index in [1.165, 1.54) is 0 Å². The van der Waals surface area contributed by atoms with Crippen LogP contribution in [0.4, 0.5) is 0 Å². The van der Waals surface area contributed by atoms with Crippen molar-refractivity contribution in [1.29, 1.82) is 0 Å². The minimum absolute atomic E-state index is 0.283. The van der Waals surface area contributed by atoms with Crippen molar-refractivity contribution in [2.75, 3.05) is 0 Å². The van der Waals surface area contributed by atoms with Crippen LogP contribution in [0.5, 0.6) is 0 Å². The van der Waals surface area contributed by atoms with Gasteiger partial charge in [0.05, 0.1) is 0 Å². The molecule has 0 aromatic heterocycles. The average Bonchev–Trinajstić information content (AvgIpc) is 2.68. The van der Waals surface area contributed by atoms with Crippen LogP contribution in [0.2, 0.25) is 5.02 Å². The number of ether oxygens (including phenoxy) is 1. The van der Waals surface area contributed by atoms with Gasteiger partial charge in [-0.3, -0.25) is 4.79 Å². The van der Waals surface area contributed by atoms with Crippen LogP contribution in [0.25, 0.3) is 0 Å². The van der Waals surface area contributed by atoms with E-state index >= 15 is 0 Å².